The summed E-state index contributed by atoms with van der Waals surface area (Å²) < 4.78 is 5.04. The summed E-state index contributed by atoms with van der Waals surface area (Å²) in [5.74, 6) is -0.898. The van der Waals surface area contributed by atoms with Crippen LogP contribution in [0.25, 0.3) is 0 Å². The number of amides is 1. The van der Waals surface area contributed by atoms with Crippen LogP contribution in [-0.2, 0) is 9.53 Å². The van der Waals surface area contributed by atoms with Crippen LogP contribution in [0, 0.1) is 0 Å². The fourth-order valence-electron chi connectivity index (χ4n) is 2.16. The number of benzene rings is 1. The lowest BCUT2D eigenvalue weighted by atomic mass is 10.2. The molecule has 0 heterocycles. The highest BCUT2D eigenvalue weighted by Gasteiger charge is 2.22. The smallest absolute Gasteiger partial charge is 0.340 e. The number of anilines is 1. The topological polar surface area (TPSA) is 72.6 Å². The van der Waals surface area contributed by atoms with Gasteiger partial charge in [0.1, 0.15) is 0 Å². The van der Waals surface area contributed by atoms with Crippen molar-refractivity contribution in [1.82, 2.24) is 4.90 Å². The average molecular weight is 313 g/mol. The Morgan fingerprint density at radius 3 is 2.33 bits per heavy atom. The highest BCUT2D eigenvalue weighted by Crippen LogP contribution is 2.19. The Balaban J connectivity index is 2.72. The molecule has 116 valence electrons. The summed E-state index contributed by atoms with van der Waals surface area (Å²) in [6.45, 7) is 7.33. The quantitative estimate of drug-likeness (QED) is 0.670. The number of hydrogen-bond acceptors (Lipinski definition) is 4. The molecule has 0 fully saturated rings. The molecular formula is C15H21ClN2O3. The summed E-state index contributed by atoms with van der Waals surface area (Å²) in [4.78, 5) is 25.7. The van der Waals surface area contributed by atoms with E-state index >= 15 is 0 Å². The number of carbonyl (C=O) groups excluding carboxylic acids is 2. The molecule has 6 heteroatoms. The van der Waals surface area contributed by atoms with E-state index in [4.69, 9.17) is 22.1 Å². The maximum atomic E-state index is 12.1. The fourth-order valence-corrected chi connectivity index (χ4v) is 2.33. The maximum Gasteiger partial charge on any atom is 0.340 e. The summed E-state index contributed by atoms with van der Waals surface area (Å²) >= 11 is 5.82. The number of hydrogen-bond donors (Lipinski definition) is 1. The van der Waals surface area contributed by atoms with Crippen molar-refractivity contribution in [3.05, 3.63) is 28.8 Å². The SMILES string of the molecule is CC(C)N(C(=O)COC(=O)c1cc(Cl)ccc1N)C(C)C. The van der Waals surface area contributed by atoms with Gasteiger partial charge in [0.05, 0.1) is 5.56 Å². The van der Waals surface area contributed by atoms with Crippen LogP contribution in [0.4, 0.5) is 5.69 Å². The lowest BCUT2D eigenvalue weighted by Crippen LogP contribution is -2.44. The van der Waals surface area contributed by atoms with Crippen LogP contribution in [0.15, 0.2) is 18.2 Å². The van der Waals surface area contributed by atoms with Gasteiger partial charge in [0.15, 0.2) is 6.61 Å². The van der Waals surface area contributed by atoms with Crippen molar-refractivity contribution >= 4 is 29.2 Å². The van der Waals surface area contributed by atoms with E-state index in [0.29, 0.717) is 5.02 Å². The lowest BCUT2D eigenvalue weighted by Gasteiger charge is -2.30. The highest BCUT2D eigenvalue weighted by molar-refractivity contribution is 6.31. The van der Waals surface area contributed by atoms with Crippen LogP contribution in [0.5, 0.6) is 0 Å². The number of rotatable bonds is 5. The molecule has 0 aliphatic rings. The molecule has 5 nitrogen and oxygen atoms in total. The van der Waals surface area contributed by atoms with Crippen LogP contribution in [-0.4, -0.2) is 35.5 Å². The minimum absolute atomic E-state index is 0.0347. The van der Waals surface area contributed by atoms with Gasteiger partial charge in [-0.3, -0.25) is 4.79 Å². The largest absolute Gasteiger partial charge is 0.452 e. The number of esters is 1. The molecule has 1 aromatic rings. The predicted octanol–water partition coefficient (Wildman–Crippen LogP) is 2.72. The van der Waals surface area contributed by atoms with Crippen molar-refractivity contribution in [2.24, 2.45) is 0 Å². The molecule has 0 aromatic heterocycles. The molecule has 0 spiro atoms. The zero-order chi connectivity index (χ0) is 16.2. The van der Waals surface area contributed by atoms with E-state index in [1.165, 1.54) is 12.1 Å². The molecule has 0 saturated heterocycles. The second-order valence-corrected chi connectivity index (χ2v) is 5.73. The molecule has 2 N–H and O–H groups in total. The summed E-state index contributed by atoms with van der Waals surface area (Å²) in [7, 11) is 0. The third-order valence-corrected chi connectivity index (χ3v) is 3.20. The molecule has 0 unspecified atom stereocenters. The minimum Gasteiger partial charge on any atom is -0.452 e. The number of carbonyl (C=O) groups is 2. The number of nitrogen functional groups attached to an aromatic ring is 1. The first kappa shape index (κ1) is 17.3. The normalized spacial score (nSPS) is 10.8. The van der Waals surface area contributed by atoms with Crippen LogP contribution < -0.4 is 5.73 Å². The zero-order valence-electron chi connectivity index (χ0n) is 12.7. The van der Waals surface area contributed by atoms with Gasteiger partial charge in [-0.15, -0.1) is 0 Å². The Morgan fingerprint density at radius 1 is 1.24 bits per heavy atom. The van der Waals surface area contributed by atoms with E-state index in [2.05, 4.69) is 0 Å². The van der Waals surface area contributed by atoms with E-state index in [1.807, 2.05) is 27.7 Å². The Hall–Kier alpha value is -1.75. The third-order valence-electron chi connectivity index (χ3n) is 2.96. The third kappa shape index (κ3) is 4.63. The summed E-state index contributed by atoms with van der Waals surface area (Å²) in [5.41, 5.74) is 6.13. The van der Waals surface area contributed by atoms with Gasteiger partial charge in [-0.2, -0.15) is 0 Å². The van der Waals surface area contributed by atoms with Crippen LogP contribution >= 0.6 is 11.6 Å². The van der Waals surface area contributed by atoms with Gasteiger partial charge >= 0.3 is 5.97 Å². The summed E-state index contributed by atoms with van der Waals surface area (Å²) in [6.07, 6.45) is 0. The van der Waals surface area contributed by atoms with E-state index in [9.17, 15) is 9.59 Å². The summed E-state index contributed by atoms with van der Waals surface area (Å²) in [6, 6.07) is 4.60. The van der Waals surface area contributed by atoms with Crippen LogP contribution in [0.1, 0.15) is 38.1 Å². The molecule has 1 aromatic carbocycles. The van der Waals surface area contributed by atoms with E-state index in [0.717, 1.165) is 0 Å². The van der Waals surface area contributed by atoms with E-state index in [-0.39, 0.29) is 35.8 Å². The number of nitrogens with two attached hydrogens (primary N) is 1. The molecule has 0 radical (unpaired) electrons. The van der Waals surface area contributed by atoms with Gasteiger partial charge in [0.25, 0.3) is 5.91 Å². The molecule has 1 rings (SSSR count). The molecule has 0 aliphatic carbocycles. The lowest BCUT2D eigenvalue weighted by molar-refractivity contribution is -0.138. The Kier molecular flexibility index (Phi) is 6.03. The van der Waals surface area contributed by atoms with E-state index < -0.39 is 5.97 Å². The summed E-state index contributed by atoms with van der Waals surface area (Å²) in [5, 5.41) is 0.383. The maximum absolute atomic E-state index is 12.1. The van der Waals surface area contributed by atoms with Crippen molar-refractivity contribution in [2.75, 3.05) is 12.3 Å². The predicted molar refractivity (Wildman–Crippen MR) is 83.3 cm³/mol. The van der Waals surface area contributed by atoms with Crippen LogP contribution in [0.3, 0.4) is 0 Å². The molecule has 0 bridgehead atoms. The van der Waals surface area contributed by atoms with Crippen molar-refractivity contribution < 1.29 is 14.3 Å². The average Bonchev–Trinajstić information content (AvgIpc) is 2.38. The molecule has 1 amide bonds. The Labute approximate surface area is 130 Å². The highest BCUT2D eigenvalue weighted by atomic mass is 35.5. The van der Waals surface area contributed by atoms with Crippen molar-refractivity contribution in [3.63, 3.8) is 0 Å². The zero-order valence-corrected chi connectivity index (χ0v) is 13.5. The van der Waals surface area contributed by atoms with Crippen molar-refractivity contribution in [2.45, 2.75) is 39.8 Å². The van der Waals surface area contributed by atoms with Gasteiger partial charge in [0, 0.05) is 22.8 Å². The number of ether oxygens (including phenoxy) is 1. The molecule has 0 aliphatic heterocycles. The first-order valence-electron chi connectivity index (χ1n) is 6.77. The van der Waals surface area contributed by atoms with Gasteiger partial charge in [-0.25, -0.2) is 4.79 Å². The fraction of sp³-hybridized carbons (Fsp3) is 0.467. The number of nitrogens with zero attached hydrogens (tertiary/aromatic N) is 1. The molecular weight excluding hydrogens is 292 g/mol. The molecule has 21 heavy (non-hydrogen) atoms. The second kappa shape index (κ2) is 7.31. The molecule has 0 atom stereocenters. The van der Waals surface area contributed by atoms with Crippen molar-refractivity contribution in [3.8, 4) is 0 Å². The Morgan fingerprint density at radius 2 is 1.81 bits per heavy atom. The van der Waals surface area contributed by atoms with Gasteiger partial charge in [-0.1, -0.05) is 11.6 Å². The minimum atomic E-state index is -0.657. The van der Waals surface area contributed by atoms with Gasteiger partial charge < -0.3 is 15.4 Å². The molecule has 0 saturated carbocycles. The van der Waals surface area contributed by atoms with E-state index in [1.54, 1.807) is 11.0 Å². The first-order valence-corrected chi connectivity index (χ1v) is 7.15. The van der Waals surface area contributed by atoms with Crippen molar-refractivity contribution in [1.29, 1.82) is 0 Å². The van der Waals surface area contributed by atoms with Crippen LogP contribution in [0.2, 0.25) is 5.02 Å². The van der Waals surface area contributed by atoms with Gasteiger partial charge in [0.2, 0.25) is 0 Å². The van der Waals surface area contributed by atoms with Gasteiger partial charge in [-0.05, 0) is 45.9 Å². The number of halogens is 1. The standard InChI is InChI=1S/C15H21ClN2O3/c1-9(2)18(10(3)4)14(19)8-21-15(20)12-7-11(16)5-6-13(12)17/h5-7,9-10H,8,17H2,1-4H3. The monoisotopic (exact) mass is 312 g/mol. The Bertz CT molecular complexity index is 522. The first-order chi connectivity index (χ1) is 9.73. The second-order valence-electron chi connectivity index (χ2n) is 5.30.